The van der Waals surface area contributed by atoms with E-state index in [-0.39, 0.29) is 12.8 Å². The first kappa shape index (κ1) is 42.2. The molecule has 288 valence electrons. The summed E-state index contributed by atoms with van der Waals surface area (Å²) in [4.78, 5) is 57.4. The minimum atomic E-state index is -1.27. The number of aliphatic hydroxyl groups excluding tert-OH is 1. The van der Waals surface area contributed by atoms with Crippen LogP contribution in [0.1, 0.15) is 59.1 Å². The van der Waals surface area contributed by atoms with Crippen molar-refractivity contribution >= 4 is 24.0 Å². The van der Waals surface area contributed by atoms with Crippen LogP contribution in [0.25, 0.3) is 11.3 Å². The molecule has 0 radical (unpaired) electrons. The number of aromatic nitrogens is 1. The first-order valence-corrected chi connectivity index (χ1v) is 17.6. The monoisotopic (exact) mass is 733 g/mol. The third-order valence-corrected chi connectivity index (χ3v) is 8.96. The molecule has 0 spiro atoms. The minimum absolute atomic E-state index is 0.0153. The fraction of sp³-hybridized carbons (Fsp3) is 0.475. The van der Waals surface area contributed by atoms with Gasteiger partial charge in [0.2, 0.25) is 17.7 Å². The van der Waals surface area contributed by atoms with E-state index in [9.17, 15) is 29.4 Å². The molecule has 0 aliphatic rings. The second kappa shape index (κ2) is 18.5. The van der Waals surface area contributed by atoms with Crippen molar-refractivity contribution in [2.45, 2.75) is 91.1 Å². The Kier molecular flexibility index (Phi) is 14.8. The van der Waals surface area contributed by atoms with Crippen molar-refractivity contribution in [1.82, 2.24) is 25.8 Å². The number of ether oxygens (including phenoxy) is 2. The number of rotatable bonds is 15. The van der Waals surface area contributed by atoms with Crippen molar-refractivity contribution < 1.29 is 38.9 Å². The molecule has 3 aromatic rings. The molecule has 0 fully saturated rings. The molecule has 5 N–H and O–H groups in total. The number of methoxy groups -OCH3 is 2. The van der Waals surface area contributed by atoms with Gasteiger partial charge < -0.3 is 35.6 Å². The number of amides is 4. The zero-order valence-corrected chi connectivity index (χ0v) is 32.2. The van der Waals surface area contributed by atoms with Gasteiger partial charge in [-0.15, -0.1) is 0 Å². The van der Waals surface area contributed by atoms with Crippen LogP contribution in [0.4, 0.5) is 9.59 Å². The Morgan fingerprint density at radius 1 is 0.774 bits per heavy atom. The maximum atomic E-state index is 14.0. The molecule has 0 aliphatic carbocycles. The summed E-state index contributed by atoms with van der Waals surface area (Å²) < 4.78 is 10.0. The molecule has 0 aliphatic heterocycles. The predicted molar refractivity (Wildman–Crippen MR) is 202 cm³/mol. The Hall–Kier alpha value is -5.17. The van der Waals surface area contributed by atoms with E-state index in [1.165, 1.54) is 14.2 Å². The highest BCUT2D eigenvalue weighted by Gasteiger charge is 2.40. The quantitative estimate of drug-likeness (QED) is 0.143. The first-order chi connectivity index (χ1) is 24.8. The summed E-state index contributed by atoms with van der Waals surface area (Å²) in [6.07, 6.45) is -2.68. The summed E-state index contributed by atoms with van der Waals surface area (Å²) in [5, 5.41) is 30.4. The molecule has 53 heavy (non-hydrogen) atoms. The van der Waals surface area contributed by atoms with Gasteiger partial charge in [0.15, 0.2) is 0 Å². The van der Waals surface area contributed by atoms with E-state index in [1.807, 2.05) is 87.5 Å². The molecule has 0 bridgehead atoms. The zero-order valence-electron chi connectivity index (χ0n) is 32.2. The normalized spacial score (nSPS) is 14.5. The highest BCUT2D eigenvalue weighted by atomic mass is 16.5. The van der Waals surface area contributed by atoms with Gasteiger partial charge >= 0.3 is 12.2 Å². The van der Waals surface area contributed by atoms with Crippen molar-refractivity contribution in [3.05, 3.63) is 83.9 Å². The molecule has 0 saturated carbocycles. The zero-order chi connectivity index (χ0) is 39.5. The lowest BCUT2D eigenvalue weighted by Gasteiger charge is -2.37. The number of carbonyl (C=O) groups excluding carboxylic acids is 3. The van der Waals surface area contributed by atoms with E-state index in [1.54, 1.807) is 33.9 Å². The molecule has 4 amide bonds. The van der Waals surface area contributed by atoms with Crippen LogP contribution in [0, 0.1) is 10.8 Å². The van der Waals surface area contributed by atoms with E-state index >= 15 is 0 Å². The fourth-order valence-corrected chi connectivity index (χ4v) is 6.24. The van der Waals surface area contributed by atoms with Crippen LogP contribution < -0.4 is 20.7 Å². The van der Waals surface area contributed by atoms with E-state index in [2.05, 4.69) is 20.9 Å². The molecular formula is C40H55N5O8. The van der Waals surface area contributed by atoms with Crippen LogP contribution in [-0.2, 0) is 27.2 Å². The Morgan fingerprint density at radius 2 is 1.40 bits per heavy atom. The summed E-state index contributed by atoms with van der Waals surface area (Å²) in [5.74, 6) is -0.555. The van der Waals surface area contributed by atoms with Gasteiger partial charge in [0, 0.05) is 24.7 Å². The number of alkyl carbamates (subject to hydrolysis) is 1. The van der Waals surface area contributed by atoms with Gasteiger partial charge in [0.05, 0.1) is 32.1 Å². The van der Waals surface area contributed by atoms with Crippen LogP contribution in [0.5, 0.6) is 5.88 Å². The van der Waals surface area contributed by atoms with E-state index in [0.717, 1.165) is 21.6 Å². The van der Waals surface area contributed by atoms with Crippen LogP contribution >= 0.6 is 0 Å². The number of hydrogen-bond donors (Lipinski definition) is 5. The highest BCUT2D eigenvalue weighted by Crippen LogP contribution is 2.26. The lowest BCUT2D eigenvalue weighted by Crippen LogP contribution is -2.59. The number of carboxylic acid groups (broad SMARTS) is 1. The molecule has 0 unspecified atom stereocenters. The smallest absolute Gasteiger partial charge is 0.407 e. The number of pyridine rings is 1. The molecule has 13 nitrogen and oxygen atoms in total. The number of likely N-dealkylation sites (N-methyl/N-ethyl adjacent to an activating group) is 1. The SMILES string of the molecule is COC(=O)N[C@H](C(=O)N[C@@H](Cc1ccccc1)C[C@H](O)[C@H](Cc1ccc(-c2cccc(OC)n2)cc1)NC(=O)[C@@H](N(C)C(=O)O)C(C)(C)C)C(C)(C)C. The van der Waals surface area contributed by atoms with E-state index < -0.39 is 65.1 Å². The number of aliphatic hydroxyl groups is 1. The topological polar surface area (TPSA) is 179 Å². The predicted octanol–water partition coefficient (Wildman–Crippen LogP) is 5.06. The second-order valence-electron chi connectivity index (χ2n) is 15.4. The van der Waals surface area contributed by atoms with Crippen LogP contribution in [0.2, 0.25) is 0 Å². The van der Waals surface area contributed by atoms with Crippen LogP contribution in [0.3, 0.4) is 0 Å². The van der Waals surface area contributed by atoms with Crippen molar-refractivity contribution in [3.8, 4) is 17.1 Å². The molecule has 1 aromatic heterocycles. The summed E-state index contributed by atoms with van der Waals surface area (Å²) in [5.41, 5.74) is 1.77. The van der Waals surface area contributed by atoms with Crippen molar-refractivity contribution in [1.29, 1.82) is 0 Å². The van der Waals surface area contributed by atoms with Gasteiger partial charge in [-0.3, -0.25) is 14.5 Å². The molecule has 0 saturated heterocycles. The standard InChI is InChI=1S/C40H55N5O8/c1-39(2,3)33(44-37(49)53-9)35(47)41-28(22-25-14-11-10-12-15-25)24-31(46)30(43-36(48)34(40(4,5)6)45(7)38(50)51)23-26-18-20-27(21-19-26)29-16-13-17-32(42-29)52-8/h10-21,28,30-31,33-34,46H,22-24H2,1-9H3,(H,41,47)(H,43,48)(H,44,49)(H,50,51)/t28-,30-,31-,33+,34+/m0/s1. The summed E-state index contributed by atoms with van der Waals surface area (Å²) in [6.45, 7) is 10.8. The number of hydrogen-bond acceptors (Lipinski definition) is 8. The number of benzene rings is 2. The van der Waals surface area contributed by atoms with E-state index in [0.29, 0.717) is 18.0 Å². The fourth-order valence-electron chi connectivity index (χ4n) is 6.24. The molecular weight excluding hydrogens is 678 g/mol. The van der Waals surface area contributed by atoms with E-state index in [4.69, 9.17) is 9.47 Å². The number of carbonyl (C=O) groups is 4. The van der Waals surface area contributed by atoms with Crippen LogP contribution in [-0.4, -0.2) is 95.6 Å². The van der Waals surface area contributed by atoms with Gasteiger partial charge in [-0.25, -0.2) is 14.6 Å². The highest BCUT2D eigenvalue weighted by molar-refractivity contribution is 5.87. The number of nitrogens with one attached hydrogen (secondary N) is 3. The minimum Gasteiger partial charge on any atom is -0.481 e. The molecule has 5 atom stereocenters. The second-order valence-corrected chi connectivity index (χ2v) is 15.4. The Balaban J connectivity index is 1.99. The average Bonchev–Trinajstić information content (AvgIpc) is 3.09. The maximum absolute atomic E-state index is 14.0. The van der Waals surface area contributed by atoms with Crippen molar-refractivity contribution in [2.75, 3.05) is 21.3 Å². The summed E-state index contributed by atoms with van der Waals surface area (Å²) >= 11 is 0. The van der Waals surface area contributed by atoms with Crippen molar-refractivity contribution in [2.24, 2.45) is 10.8 Å². The molecule has 1 heterocycles. The average molecular weight is 734 g/mol. The third-order valence-electron chi connectivity index (χ3n) is 8.96. The first-order valence-electron chi connectivity index (χ1n) is 17.6. The van der Waals surface area contributed by atoms with Gasteiger partial charge in [-0.1, -0.05) is 102 Å². The number of nitrogens with zero attached hydrogens (tertiary/aromatic N) is 2. The summed E-state index contributed by atoms with van der Waals surface area (Å²) in [7, 11) is 4.11. The molecule has 13 heteroatoms. The lowest BCUT2D eigenvalue weighted by molar-refractivity contribution is -0.131. The Bertz CT molecular complexity index is 1670. The Labute approximate surface area is 312 Å². The van der Waals surface area contributed by atoms with Gasteiger partial charge in [0.25, 0.3) is 0 Å². The summed E-state index contributed by atoms with van der Waals surface area (Å²) in [6, 6.07) is 18.9. The van der Waals surface area contributed by atoms with Gasteiger partial charge in [-0.2, -0.15) is 0 Å². The lowest BCUT2D eigenvalue weighted by atomic mass is 9.84. The largest absolute Gasteiger partial charge is 0.481 e. The van der Waals surface area contributed by atoms with Crippen LogP contribution in [0.15, 0.2) is 72.8 Å². The third kappa shape index (κ3) is 12.5. The van der Waals surface area contributed by atoms with Crippen molar-refractivity contribution in [3.63, 3.8) is 0 Å². The van der Waals surface area contributed by atoms with Gasteiger partial charge in [0.1, 0.15) is 12.1 Å². The van der Waals surface area contributed by atoms with Gasteiger partial charge in [-0.05, 0) is 47.3 Å². The maximum Gasteiger partial charge on any atom is 0.407 e. The Morgan fingerprint density at radius 3 is 1.94 bits per heavy atom. The molecule has 2 aromatic carbocycles. The molecule has 3 rings (SSSR count).